The van der Waals surface area contributed by atoms with Crippen molar-refractivity contribution in [3.05, 3.63) is 71.4 Å². The molecule has 0 spiro atoms. The number of benzene rings is 2. The molecule has 0 aliphatic carbocycles. The summed E-state index contributed by atoms with van der Waals surface area (Å²) in [4.78, 5) is 11.7. The van der Waals surface area contributed by atoms with Crippen LogP contribution < -0.4 is 0 Å². The highest BCUT2D eigenvalue weighted by Gasteiger charge is 2.31. The number of aromatic carboxylic acids is 1. The first-order valence-corrected chi connectivity index (χ1v) is 10.2. The van der Waals surface area contributed by atoms with Crippen LogP contribution in [0.3, 0.4) is 0 Å². The lowest BCUT2D eigenvalue weighted by Crippen LogP contribution is -2.07. The van der Waals surface area contributed by atoms with Gasteiger partial charge in [-0.3, -0.25) is 0 Å². The van der Waals surface area contributed by atoms with E-state index in [1.807, 2.05) is 0 Å². The van der Waals surface area contributed by atoms with E-state index in [1.165, 1.54) is 54.0 Å². The second kappa shape index (κ2) is 7.07. The molecule has 0 aliphatic heterocycles. The maximum atomic E-state index is 13.1. The molecule has 0 bridgehead atoms. The van der Waals surface area contributed by atoms with Crippen molar-refractivity contribution < 1.29 is 31.5 Å². The summed E-state index contributed by atoms with van der Waals surface area (Å²) in [7, 11) is -3.43. The minimum Gasteiger partial charge on any atom is -0.478 e. The third-order valence-corrected chi connectivity index (χ3v) is 5.62. The molecule has 0 unspecified atom stereocenters. The van der Waals surface area contributed by atoms with Gasteiger partial charge in [-0.2, -0.15) is 13.2 Å². The molecule has 3 rings (SSSR count). The Kier molecular flexibility index (Phi) is 5.04. The molecule has 0 saturated carbocycles. The SMILES string of the molecule is Cc1c(C(=O)O)cc(-c2ccc(S(C)(=O)=O)cc2)n1-c1cccc(C(F)(F)F)c1. The molecule has 1 N–H and O–H groups in total. The van der Waals surface area contributed by atoms with Crippen LogP contribution in [0.15, 0.2) is 59.5 Å². The summed E-state index contributed by atoms with van der Waals surface area (Å²) in [5.41, 5.74) is 0.263. The first-order valence-electron chi connectivity index (χ1n) is 8.33. The van der Waals surface area contributed by atoms with Crippen LogP contribution in [0.1, 0.15) is 21.6 Å². The predicted octanol–water partition coefficient (Wildman–Crippen LogP) is 4.57. The van der Waals surface area contributed by atoms with E-state index in [-0.39, 0.29) is 21.8 Å². The zero-order valence-corrected chi connectivity index (χ0v) is 16.2. The van der Waals surface area contributed by atoms with E-state index in [0.29, 0.717) is 11.3 Å². The Balaban J connectivity index is 2.24. The highest BCUT2D eigenvalue weighted by molar-refractivity contribution is 7.90. The number of carboxylic acid groups (broad SMARTS) is 1. The van der Waals surface area contributed by atoms with Crippen molar-refractivity contribution in [2.45, 2.75) is 18.0 Å². The number of carboxylic acids is 1. The second-order valence-corrected chi connectivity index (χ2v) is 8.53. The molecule has 0 amide bonds. The molecule has 0 saturated heterocycles. The van der Waals surface area contributed by atoms with E-state index in [1.54, 1.807) is 0 Å². The zero-order valence-electron chi connectivity index (χ0n) is 15.4. The molecule has 29 heavy (non-hydrogen) atoms. The van der Waals surface area contributed by atoms with E-state index >= 15 is 0 Å². The van der Waals surface area contributed by atoms with Crippen molar-refractivity contribution in [3.63, 3.8) is 0 Å². The summed E-state index contributed by atoms with van der Waals surface area (Å²) in [5, 5.41) is 9.46. The molecule has 1 aromatic heterocycles. The van der Waals surface area contributed by atoms with Gasteiger partial charge in [0.25, 0.3) is 0 Å². The van der Waals surface area contributed by atoms with Gasteiger partial charge in [-0.15, -0.1) is 0 Å². The smallest absolute Gasteiger partial charge is 0.416 e. The fraction of sp³-hybridized carbons (Fsp3) is 0.150. The summed E-state index contributed by atoms with van der Waals surface area (Å²) < 4.78 is 64.1. The van der Waals surface area contributed by atoms with E-state index in [2.05, 4.69) is 0 Å². The Morgan fingerprint density at radius 2 is 1.66 bits per heavy atom. The first-order chi connectivity index (χ1) is 13.4. The Bertz CT molecular complexity index is 1190. The number of aromatic nitrogens is 1. The van der Waals surface area contributed by atoms with Crippen LogP contribution in [0.2, 0.25) is 0 Å². The van der Waals surface area contributed by atoms with Crippen LogP contribution in [0.25, 0.3) is 16.9 Å². The topological polar surface area (TPSA) is 76.4 Å². The molecule has 2 aromatic carbocycles. The fourth-order valence-electron chi connectivity index (χ4n) is 3.06. The van der Waals surface area contributed by atoms with Crippen molar-refractivity contribution >= 4 is 15.8 Å². The third-order valence-electron chi connectivity index (χ3n) is 4.49. The van der Waals surface area contributed by atoms with Gasteiger partial charge in [0, 0.05) is 17.6 Å². The summed E-state index contributed by atoms with van der Waals surface area (Å²) in [6, 6.07) is 11.6. The van der Waals surface area contributed by atoms with Gasteiger partial charge < -0.3 is 9.67 Å². The van der Waals surface area contributed by atoms with Crippen molar-refractivity contribution in [1.29, 1.82) is 0 Å². The van der Waals surface area contributed by atoms with Gasteiger partial charge >= 0.3 is 12.1 Å². The van der Waals surface area contributed by atoms with Gasteiger partial charge in [0.05, 0.1) is 21.7 Å². The van der Waals surface area contributed by atoms with Crippen LogP contribution >= 0.6 is 0 Å². The molecule has 0 aliphatic rings. The first kappa shape index (κ1) is 20.7. The normalized spacial score (nSPS) is 12.2. The Morgan fingerprint density at radius 1 is 1.03 bits per heavy atom. The number of halogens is 3. The third kappa shape index (κ3) is 4.04. The monoisotopic (exact) mass is 423 g/mol. The summed E-state index contributed by atoms with van der Waals surface area (Å²) >= 11 is 0. The van der Waals surface area contributed by atoms with E-state index in [9.17, 15) is 31.5 Å². The van der Waals surface area contributed by atoms with Crippen LogP contribution in [0.4, 0.5) is 13.2 Å². The number of hydrogen-bond acceptors (Lipinski definition) is 3. The average Bonchev–Trinajstić information content (AvgIpc) is 2.98. The van der Waals surface area contributed by atoms with Crippen molar-refractivity contribution in [3.8, 4) is 16.9 Å². The highest BCUT2D eigenvalue weighted by Crippen LogP contribution is 2.34. The lowest BCUT2D eigenvalue weighted by molar-refractivity contribution is -0.137. The minimum absolute atomic E-state index is 0.0652. The summed E-state index contributed by atoms with van der Waals surface area (Å²) in [6.07, 6.45) is -3.50. The number of sulfone groups is 1. The van der Waals surface area contributed by atoms with Crippen LogP contribution in [-0.2, 0) is 16.0 Å². The predicted molar refractivity (Wildman–Crippen MR) is 101 cm³/mol. The molecule has 152 valence electrons. The highest BCUT2D eigenvalue weighted by atomic mass is 32.2. The number of carbonyl (C=O) groups is 1. The van der Waals surface area contributed by atoms with Crippen molar-refractivity contribution in [2.75, 3.05) is 6.26 Å². The number of nitrogens with zero attached hydrogens (tertiary/aromatic N) is 1. The molecule has 0 fully saturated rings. The number of hydrogen-bond donors (Lipinski definition) is 1. The average molecular weight is 423 g/mol. The lowest BCUT2D eigenvalue weighted by atomic mass is 10.1. The van der Waals surface area contributed by atoms with Crippen molar-refractivity contribution in [1.82, 2.24) is 4.57 Å². The number of rotatable bonds is 4. The van der Waals surface area contributed by atoms with Crippen LogP contribution in [0, 0.1) is 6.92 Å². The fourth-order valence-corrected chi connectivity index (χ4v) is 3.69. The van der Waals surface area contributed by atoms with Gasteiger partial charge in [0.15, 0.2) is 9.84 Å². The molecular formula is C20H16F3NO4S. The standard InChI is InChI=1S/C20H16F3NO4S/c1-12-17(19(25)26)11-18(13-6-8-16(9-7-13)29(2,27)28)24(12)15-5-3-4-14(10-15)20(21,22)23/h3-11H,1-2H3,(H,25,26). The molecule has 1 heterocycles. The van der Waals surface area contributed by atoms with Crippen LogP contribution in [0.5, 0.6) is 0 Å². The molecule has 0 radical (unpaired) electrons. The summed E-state index contributed by atoms with van der Waals surface area (Å²) in [5.74, 6) is -1.22. The maximum absolute atomic E-state index is 13.1. The summed E-state index contributed by atoms with van der Waals surface area (Å²) in [6.45, 7) is 1.50. The largest absolute Gasteiger partial charge is 0.478 e. The molecule has 5 nitrogen and oxygen atoms in total. The molecular weight excluding hydrogens is 407 g/mol. The lowest BCUT2D eigenvalue weighted by Gasteiger charge is -2.15. The maximum Gasteiger partial charge on any atom is 0.416 e. The van der Waals surface area contributed by atoms with E-state index < -0.39 is 27.5 Å². The zero-order chi connectivity index (χ0) is 21.6. The Hall–Kier alpha value is -3.07. The Labute approximate surface area is 165 Å². The quantitative estimate of drug-likeness (QED) is 0.667. The Morgan fingerprint density at radius 3 is 2.17 bits per heavy atom. The van der Waals surface area contributed by atoms with Gasteiger partial charge in [-0.25, -0.2) is 13.2 Å². The molecule has 9 heteroatoms. The van der Waals surface area contributed by atoms with E-state index in [0.717, 1.165) is 18.4 Å². The van der Waals surface area contributed by atoms with E-state index in [4.69, 9.17) is 0 Å². The number of alkyl halides is 3. The molecule has 3 aromatic rings. The van der Waals surface area contributed by atoms with Gasteiger partial charge in [0.1, 0.15) is 0 Å². The minimum atomic E-state index is -4.55. The molecule has 0 atom stereocenters. The van der Waals surface area contributed by atoms with Gasteiger partial charge in [-0.1, -0.05) is 18.2 Å². The van der Waals surface area contributed by atoms with Gasteiger partial charge in [-0.05, 0) is 48.9 Å². The second-order valence-electron chi connectivity index (χ2n) is 6.51. The van der Waals surface area contributed by atoms with Crippen LogP contribution in [-0.4, -0.2) is 30.3 Å². The van der Waals surface area contributed by atoms with Gasteiger partial charge in [0.2, 0.25) is 0 Å². The van der Waals surface area contributed by atoms with Crippen molar-refractivity contribution in [2.24, 2.45) is 0 Å².